The van der Waals surface area contributed by atoms with Gasteiger partial charge in [-0.3, -0.25) is 0 Å². The van der Waals surface area contributed by atoms with Gasteiger partial charge < -0.3 is 20.1 Å². The molecule has 0 aromatic rings. The molecule has 162 valence electrons. The molecule has 7 aliphatic rings. The number of rotatable bonds is 1. The van der Waals surface area contributed by atoms with Gasteiger partial charge in [0.25, 0.3) is 0 Å². The van der Waals surface area contributed by atoms with Gasteiger partial charge in [-0.05, 0) is 69.6 Å². The van der Waals surface area contributed by atoms with Crippen LogP contribution in [0.5, 0.6) is 0 Å². The van der Waals surface area contributed by atoms with Crippen molar-refractivity contribution in [1.29, 1.82) is 0 Å². The summed E-state index contributed by atoms with van der Waals surface area (Å²) in [5.41, 5.74) is 5.95. The fraction of sp³-hybridized carbons (Fsp3) is 0.955. The number of ether oxygens (including phenoxy) is 2. The second-order valence-corrected chi connectivity index (χ2v) is 10.6. The molecule has 2 saturated heterocycles. The zero-order valence-corrected chi connectivity index (χ0v) is 17.2. The van der Waals surface area contributed by atoms with Crippen LogP contribution in [0.25, 0.3) is 0 Å². The Morgan fingerprint density at radius 1 is 0.966 bits per heavy atom. The minimum absolute atomic E-state index is 0.178. The van der Waals surface area contributed by atoms with Crippen molar-refractivity contribution in [1.82, 2.24) is 4.90 Å². The summed E-state index contributed by atoms with van der Waals surface area (Å²) in [5, 5.41) is 0. The molecule has 2 spiro atoms. The van der Waals surface area contributed by atoms with E-state index in [9.17, 15) is 4.79 Å². The van der Waals surface area contributed by atoms with Crippen LogP contribution in [0, 0.1) is 23.7 Å². The molecule has 5 saturated carbocycles. The first-order chi connectivity index (χ1) is 14.0. The number of likely N-dealkylation sites (tertiary alicyclic amines) is 1. The zero-order chi connectivity index (χ0) is 19.6. The highest BCUT2D eigenvalue weighted by molar-refractivity contribution is 5.68. The van der Waals surface area contributed by atoms with Crippen LogP contribution in [0.3, 0.4) is 0 Å². The monoisotopic (exact) mass is 406 g/mol. The number of hydrogen-bond acceptors (Lipinski definition) is 6. The Labute approximate surface area is 172 Å². The van der Waals surface area contributed by atoms with Crippen LogP contribution in [-0.2, 0) is 19.2 Å². The smallest absolute Gasteiger partial charge is 0.410 e. The molecule has 5 aliphatic carbocycles. The van der Waals surface area contributed by atoms with Crippen LogP contribution in [0.15, 0.2) is 0 Å². The molecule has 2 heterocycles. The number of hydrogen-bond donors (Lipinski definition) is 1. The summed E-state index contributed by atoms with van der Waals surface area (Å²) in [6.45, 7) is 1.37. The van der Waals surface area contributed by atoms with Gasteiger partial charge in [0.2, 0.25) is 11.6 Å². The van der Waals surface area contributed by atoms with E-state index in [-0.39, 0.29) is 18.2 Å². The molecule has 0 aromatic carbocycles. The molecule has 2 atom stereocenters. The van der Waals surface area contributed by atoms with Gasteiger partial charge in [-0.2, -0.15) is 9.78 Å². The highest BCUT2D eigenvalue weighted by Gasteiger charge is 2.67. The molecule has 0 radical (unpaired) electrons. The third-order valence-corrected chi connectivity index (χ3v) is 8.63. The summed E-state index contributed by atoms with van der Waals surface area (Å²) in [4.78, 5) is 26.5. The summed E-state index contributed by atoms with van der Waals surface area (Å²) in [6, 6.07) is 0.201. The standard InChI is InChI=1S/C22H34N2O5/c23-18-3-6-24(7-4-18)20(25)26-19-2-1-5-21(13-19)27-22(29-28-21)16-9-14-8-15(11-16)12-17(22)10-14/h14-19H,1-13,23H2/t14?,15?,16?,17?,19-,21-,22?/m1/s1. The summed E-state index contributed by atoms with van der Waals surface area (Å²) in [7, 11) is 0. The molecule has 7 rings (SSSR count). The molecule has 2 N–H and O–H groups in total. The quantitative estimate of drug-likeness (QED) is 0.673. The third kappa shape index (κ3) is 3.11. The molecule has 0 unspecified atom stereocenters. The maximum atomic E-state index is 12.6. The maximum Gasteiger partial charge on any atom is 0.410 e. The summed E-state index contributed by atoms with van der Waals surface area (Å²) >= 11 is 0. The zero-order valence-electron chi connectivity index (χ0n) is 17.2. The van der Waals surface area contributed by atoms with Crippen molar-refractivity contribution in [2.75, 3.05) is 13.1 Å². The molecule has 2 aliphatic heterocycles. The largest absolute Gasteiger partial charge is 0.446 e. The Hall–Kier alpha value is -0.890. The van der Waals surface area contributed by atoms with Crippen molar-refractivity contribution in [2.45, 2.75) is 94.3 Å². The van der Waals surface area contributed by atoms with Gasteiger partial charge in [0.05, 0.1) is 0 Å². The van der Waals surface area contributed by atoms with E-state index in [1.807, 2.05) is 0 Å². The fourth-order valence-electron chi connectivity index (χ4n) is 7.33. The van der Waals surface area contributed by atoms with Gasteiger partial charge in [-0.25, -0.2) is 4.79 Å². The van der Waals surface area contributed by atoms with Crippen molar-refractivity contribution in [3.05, 3.63) is 0 Å². The lowest BCUT2D eigenvalue weighted by Crippen LogP contribution is -2.59. The highest BCUT2D eigenvalue weighted by Crippen LogP contribution is 2.63. The van der Waals surface area contributed by atoms with Crippen LogP contribution < -0.4 is 5.73 Å². The predicted octanol–water partition coefficient (Wildman–Crippen LogP) is 3.32. The predicted molar refractivity (Wildman–Crippen MR) is 103 cm³/mol. The maximum absolute atomic E-state index is 12.6. The molecule has 7 heteroatoms. The van der Waals surface area contributed by atoms with E-state index in [0.717, 1.165) is 43.9 Å². The fourth-order valence-corrected chi connectivity index (χ4v) is 7.33. The number of amides is 1. The van der Waals surface area contributed by atoms with Gasteiger partial charge in [-0.15, -0.1) is 0 Å². The Bertz CT molecular complexity index is 636. The molecule has 4 bridgehead atoms. The van der Waals surface area contributed by atoms with Crippen LogP contribution in [0.2, 0.25) is 0 Å². The second kappa shape index (κ2) is 6.81. The van der Waals surface area contributed by atoms with E-state index in [2.05, 4.69) is 0 Å². The number of carbonyl (C=O) groups excluding carboxylic acids is 1. The average molecular weight is 407 g/mol. The van der Waals surface area contributed by atoms with Gasteiger partial charge in [-0.1, -0.05) is 0 Å². The third-order valence-electron chi connectivity index (χ3n) is 8.63. The van der Waals surface area contributed by atoms with E-state index in [0.29, 0.717) is 31.3 Å². The molecule has 29 heavy (non-hydrogen) atoms. The van der Waals surface area contributed by atoms with Gasteiger partial charge in [0.15, 0.2) is 0 Å². The number of carbonyl (C=O) groups is 1. The number of nitrogens with zero attached hydrogens (tertiary/aromatic N) is 1. The first-order valence-corrected chi connectivity index (χ1v) is 11.8. The molecular weight excluding hydrogens is 372 g/mol. The van der Waals surface area contributed by atoms with Crippen LogP contribution in [-0.4, -0.2) is 47.8 Å². The van der Waals surface area contributed by atoms with Gasteiger partial charge >= 0.3 is 6.09 Å². The van der Waals surface area contributed by atoms with Crippen molar-refractivity contribution in [3.63, 3.8) is 0 Å². The minimum atomic E-state index is -0.747. The topological polar surface area (TPSA) is 83.3 Å². The molecule has 1 amide bonds. The summed E-state index contributed by atoms with van der Waals surface area (Å²) in [5.74, 6) is 1.32. The molecule has 7 nitrogen and oxygen atoms in total. The Morgan fingerprint density at radius 3 is 2.34 bits per heavy atom. The lowest BCUT2D eigenvalue weighted by Gasteiger charge is -2.57. The lowest BCUT2D eigenvalue weighted by atomic mass is 9.53. The summed E-state index contributed by atoms with van der Waals surface area (Å²) in [6.07, 6.45) is 10.7. The minimum Gasteiger partial charge on any atom is -0.446 e. The number of piperidine rings is 1. The van der Waals surface area contributed by atoms with Crippen LogP contribution >= 0.6 is 0 Å². The van der Waals surface area contributed by atoms with Crippen LogP contribution in [0.4, 0.5) is 4.79 Å². The lowest BCUT2D eigenvalue weighted by molar-refractivity contribution is -0.390. The van der Waals surface area contributed by atoms with E-state index < -0.39 is 11.6 Å². The first kappa shape index (κ1) is 18.8. The SMILES string of the molecule is NC1CCN(C(=O)O[C@@H]2CCC[C@]3(C2)OOC2(O3)C3CC4CC(C3)CC2C4)CC1. The van der Waals surface area contributed by atoms with Crippen molar-refractivity contribution >= 4 is 6.09 Å². The Morgan fingerprint density at radius 2 is 1.66 bits per heavy atom. The van der Waals surface area contributed by atoms with E-state index in [1.165, 1.54) is 32.1 Å². The highest BCUT2D eigenvalue weighted by atomic mass is 17.3. The first-order valence-electron chi connectivity index (χ1n) is 11.8. The second-order valence-electron chi connectivity index (χ2n) is 10.6. The molecule has 7 fully saturated rings. The normalized spacial score (nSPS) is 49.3. The summed E-state index contributed by atoms with van der Waals surface area (Å²) < 4.78 is 12.6. The Balaban J connectivity index is 1.12. The Kier molecular flexibility index (Phi) is 4.42. The van der Waals surface area contributed by atoms with Crippen molar-refractivity contribution in [3.8, 4) is 0 Å². The van der Waals surface area contributed by atoms with E-state index in [4.69, 9.17) is 25.0 Å². The van der Waals surface area contributed by atoms with Crippen molar-refractivity contribution < 1.29 is 24.0 Å². The molecule has 0 aromatic heterocycles. The van der Waals surface area contributed by atoms with Crippen LogP contribution in [0.1, 0.15) is 70.6 Å². The van der Waals surface area contributed by atoms with Gasteiger partial charge in [0, 0.05) is 43.8 Å². The molecular formula is C22H34N2O5. The van der Waals surface area contributed by atoms with E-state index >= 15 is 0 Å². The van der Waals surface area contributed by atoms with Gasteiger partial charge in [0.1, 0.15) is 6.10 Å². The number of nitrogens with two attached hydrogens (primary N) is 1. The van der Waals surface area contributed by atoms with E-state index in [1.54, 1.807) is 4.90 Å². The average Bonchev–Trinajstić information content (AvgIpc) is 3.06. The van der Waals surface area contributed by atoms with Crippen molar-refractivity contribution in [2.24, 2.45) is 29.4 Å².